The van der Waals surface area contributed by atoms with Gasteiger partial charge in [-0.3, -0.25) is 4.79 Å². The molecule has 94 valence electrons. The number of carbonyl (C=O) groups is 1. The molecule has 1 rings (SSSR count). The van der Waals surface area contributed by atoms with Crippen LogP contribution >= 0.6 is 0 Å². The van der Waals surface area contributed by atoms with E-state index in [0.717, 1.165) is 6.42 Å². The Morgan fingerprint density at radius 2 is 1.81 bits per heavy atom. The molecule has 0 aromatic heterocycles. The number of hydrogen-bond acceptors (Lipinski definition) is 3. The summed E-state index contributed by atoms with van der Waals surface area (Å²) in [5.74, 6) is -0.775. The van der Waals surface area contributed by atoms with Crippen LogP contribution in [0.3, 0.4) is 0 Å². The molecule has 0 aromatic carbocycles. The fraction of sp³-hybridized carbons (Fsp3) is 0.917. The maximum atomic E-state index is 11.1. The first-order valence-electron chi connectivity index (χ1n) is 5.62. The van der Waals surface area contributed by atoms with E-state index in [1.54, 1.807) is 0 Å². The number of carboxylic acids is 1. The maximum absolute atomic E-state index is 11.1. The van der Waals surface area contributed by atoms with Gasteiger partial charge < -0.3 is 14.7 Å². The molecule has 0 amide bonds. The molecular weight excluding hydrogens is 206 g/mol. The monoisotopic (exact) mass is 229 g/mol. The van der Waals surface area contributed by atoms with Crippen LogP contribution in [0.4, 0.5) is 0 Å². The van der Waals surface area contributed by atoms with Gasteiger partial charge in [0.25, 0.3) is 0 Å². The van der Waals surface area contributed by atoms with Crippen LogP contribution in [-0.4, -0.2) is 46.8 Å². The van der Waals surface area contributed by atoms with Crippen molar-refractivity contribution in [1.29, 1.82) is 0 Å². The third-order valence-corrected chi connectivity index (χ3v) is 3.67. The van der Waals surface area contributed by atoms with E-state index in [2.05, 4.69) is 0 Å². The minimum absolute atomic E-state index is 0.108. The normalized spacial score (nSPS) is 31.9. The molecule has 1 aliphatic rings. The lowest BCUT2D eigenvalue weighted by Crippen LogP contribution is -2.57. The number of nitrogens with zero attached hydrogens (tertiary/aromatic N) is 1. The maximum Gasteiger partial charge on any atom is 0.305 e. The first-order valence-corrected chi connectivity index (χ1v) is 5.62. The lowest BCUT2D eigenvalue weighted by Gasteiger charge is -2.44. The molecule has 0 aliphatic carbocycles. The zero-order valence-corrected chi connectivity index (χ0v) is 11.1. The molecule has 16 heavy (non-hydrogen) atoms. The molecule has 4 heteroatoms. The van der Waals surface area contributed by atoms with Gasteiger partial charge in [0.2, 0.25) is 0 Å². The molecule has 0 spiro atoms. The molecule has 0 radical (unpaired) electrons. The van der Waals surface area contributed by atoms with Gasteiger partial charge >= 0.3 is 5.97 Å². The minimum Gasteiger partial charge on any atom is -0.481 e. The Morgan fingerprint density at radius 3 is 2.06 bits per heavy atom. The predicted octanol–water partition coefficient (Wildman–Crippen LogP) is 1.74. The Labute approximate surface area is 97.6 Å². The average molecular weight is 229 g/mol. The highest BCUT2D eigenvalue weighted by Gasteiger charge is 2.59. The van der Waals surface area contributed by atoms with Crippen molar-refractivity contribution < 1.29 is 14.6 Å². The molecule has 4 nitrogen and oxygen atoms in total. The van der Waals surface area contributed by atoms with E-state index in [9.17, 15) is 4.79 Å². The number of carboxylic acid groups (broad SMARTS) is 1. The summed E-state index contributed by atoms with van der Waals surface area (Å²) in [5.41, 5.74) is -1.18. The molecule has 1 saturated heterocycles. The van der Waals surface area contributed by atoms with E-state index < -0.39 is 17.1 Å². The molecule has 0 saturated carbocycles. The van der Waals surface area contributed by atoms with Gasteiger partial charge in [-0.2, -0.15) is 0 Å². The van der Waals surface area contributed by atoms with E-state index in [1.165, 1.54) is 0 Å². The Morgan fingerprint density at radius 1 is 1.31 bits per heavy atom. The van der Waals surface area contributed by atoms with E-state index in [-0.39, 0.29) is 12.0 Å². The molecule has 1 atom stereocenters. The second-order valence-corrected chi connectivity index (χ2v) is 6.05. The number of aliphatic carboxylic acids is 1. The number of rotatable bonds is 3. The largest absolute Gasteiger partial charge is 0.481 e. The Balaban J connectivity index is 3.15. The Hall–Kier alpha value is -0.610. The summed E-state index contributed by atoms with van der Waals surface area (Å²) in [7, 11) is 3.85. The molecule has 0 aromatic rings. The summed E-state index contributed by atoms with van der Waals surface area (Å²) in [6.45, 7) is 7.99. The number of ether oxygens (including phenoxy) is 1. The van der Waals surface area contributed by atoms with Crippen LogP contribution in [0.2, 0.25) is 0 Å². The van der Waals surface area contributed by atoms with Gasteiger partial charge in [0.15, 0.2) is 0 Å². The van der Waals surface area contributed by atoms with Crippen molar-refractivity contribution in [3.8, 4) is 0 Å². The summed E-state index contributed by atoms with van der Waals surface area (Å²) >= 11 is 0. The Kier molecular flexibility index (Phi) is 3.12. The molecule has 1 unspecified atom stereocenters. The van der Waals surface area contributed by atoms with Gasteiger partial charge in [0, 0.05) is 0 Å². The summed E-state index contributed by atoms with van der Waals surface area (Å²) in [6.07, 6.45) is 0.836. The SMILES string of the molecule is CN(C)C1(CC(=O)O)CC(C)(C)OC1(C)C. The van der Waals surface area contributed by atoms with E-state index in [0.29, 0.717) is 0 Å². The molecule has 0 bridgehead atoms. The van der Waals surface area contributed by atoms with Crippen LogP contribution in [0.15, 0.2) is 0 Å². The van der Waals surface area contributed by atoms with E-state index >= 15 is 0 Å². The minimum atomic E-state index is -0.775. The zero-order chi connectivity index (χ0) is 12.8. The summed E-state index contributed by atoms with van der Waals surface area (Å²) < 4.78 is 6.01. The van der Waals surface area contributed by atoms with E-state index in [4.69, 9.17) is 9.84 Å². The van der Waals surface area contributed by atoms with Gasteiger partial charge in [-0.1, -0.05) is 0 Å². The molecule has 1 heterocycles. The van der Waals surface area contributed by atoms with Crippen LogP contribution in [0.25, 0.3) is 0 Å². The highest BCUT2D eigenvalue weighted by atomic mass is 16.5. The van der Waals surface area contributed by atoms with Crippen molar-refractivity contribution in [2.75, 3.05) is 14.1 Å². The topological polar surface area (TPSA) is 49.8 Å². The van der Waals surface area contributed by atoms with Gasteiger partial charge in [-0.25, -0.2) is 0 Å². The summed E-state index contributed by atoms with van der Waals surface area (Å²) in [4.78, 5) is 13.1. The molecule has 1 fully saturated rings. The summed E-state index contributed by atoms with van der Waals surface area (Å²) in [6, 6.07) is 0. The molecule has 1 N–H and O–H groups in total. The zero-order valence-electron chi connectivity index (χ0n) is 11.1. The van der Waals surface area contributed by atoms with Gasteiger partial charge in [0.1, 0.15) is 0 Å². The molecular formula is C12H23NO3. The smallest absolute Gasteiger partial charge is 0.305 e. The van der Waals surface area contributed by atoms with Crippen LogP contribution in [0.5, 0.6) is 0 Å². The van der Waals surface area contributed by atoms with E-state index in [1.807, 2.05) is 46.7 Å². The lowest BCUT2D eigenvalue weighted by molar-refractivity contribution is -0.146. The Bertz CT molecular complexity index is 297. The average Bonchev–Trinajstić information content (AvgIpc) is 2.14. The number of hydrogen-bond donors (Lipinski definition) is 1. The second kappa shape index (κ2) is 3.70. The van der Waals surface area contributed by atoms with Crippen LogP contribution in [0.1, 0.15) is 40.5 Å². The van der Waals surface area contributed by atoms with Crippen molar-refractivity contribution >= 4 is 5.97 Å². The van der Waals surface area contributed by atoms with Crippen molar-refractivity contribution in [3.05, 3.63) is 0 Å². The highest BCUT2D eigenvalue weighted by molar-refractivity contribution is 5.69. The van der Waals surface area contributed by atoms with Crippen molar-refractivity contribution in [3.63, 3.8) is 0 Å². The van der Waals surface area contributed by atoms with Gasteiger partial charge in [-0.15, -0.1) is 0 Å². The predicted molar refractivity (Wildman–Crippen MR) is 62.5 cm³/mol. The van der Waals surface area contributed by atoms with Crippen molar-refractivity contribution in [1.82, 2.24) is 4.90 Å². The first-order chi connectivity index (χ1) is 7.02. The van der Waals surface area contributed by atoms with Crippen molar-refractivity contribution in [2.45, 2.75) is 57.3 Å². The standard InChI is InChI=1S/C12H23NO3/c1-10(2)8-12(13(5)6,7-9(14)15)11(3,4)16-10/h7-8H2,1-6H3,(H,14,15). The van der Waals surface area contributed by atoms with Gasteiger partial charge in [0.05, 0.1) is 23.2 Å². The third-order valence-electron chi connectivity index (χ3n) is 3.67. The van der Waals surface area contributed by atoms with Gasteiger partial charge in [-0.05, 0) is 48.2 Å². The first kappa shape index (κ1) is 13.5. The molecule has 1 aliphatic heterocycles. The van der Waals surface area contributed by atoms with Crippen LogP contribution in [0, 0.1) is 0 Å². The fourth-order valence-electron chi connectivity index (χ4n) is 3.12. The second-order valence-electron chi connectivity index (χ2n) is 6.05. The quantitative estimate of drug-likeness (QED) is 0.801. The highest BCUT2D eigenvalue weighted by Crippen LogP contribution is 2.49. The summed E-state index contributed by atoms with van der Waals surface area (Å²) in [5, 5.41) is 9.11. The van der Waals surface area contributed by atoms with Crippen molar-refractivity contribution in [2.24, 2.45) is 0 Å². The lowest BCUT2D eigenvalue weighted by atomic mass is 9.75. The number of likely N-dealkylation sites (N-methyl/N-ethyl adjacent to an activating group) is 1. The van der Waals surface area contributed by atoms with Crippen LogP contribution < -0.4 is 0 Å². The third kappa shape index (κ3) is 2.09. The van der Waals surface area contributed by atoms with Crippen LogP contribution in [-0.2, 0) is 9.53 Å². The fourth-order valence-corrected chi connectivity index (χ4v) is 3.12.